The Hall–Kier alpha value is -0.610. The first-order valence-electron chi connectivity index (χ1n) is 3.45. The second-order valence-electron chi connectivity index (χ2n) is 2.80. The molecule has 0 saturated carbocycles. The fourth-order valence-corrected chi connectivity index (χ4v) is 1.14. The summed E-state index contributed by atoms with van der Waals surface area (Å²) < 4.78 is 0. The summed E-state index contributed by atoms with van der Waals surface area (Å²) in [5.74, 6) is -0.403. The molecule has 1 fully saturated rings. The zero-order valence-electron chi connectivity index (χ0n) is 5.89. The summed E-state index contributed by atoms with van der Waals surface area (Å²) >= 11 is 0. The molecular formula is C6H13N3O. The summed E-state index contributed by atoms with van der Waals surface area (Å²) in [4.78, 5) is 10.7. The molecule has 0 aromatic carbocycles. The molecule has 1 unspecified atom stereocenters. The van der Waals surface area contributed by atoms with Crippen LogP contribution in [-0.2, 0) is 4.79 Å². The van der Waals surface area contributed by atoms with Gasteiger partial charge in [0.15, 0.2) is 0 Å². The first-order valence-corrected chi connectivity index (χ1v) is 3.45. The smallest absolute Gasteiger partial charge is 0.238 e. The van der Waals surface area contributed by atoms with Crippen LogP contribution >= 0.6 is 0 Å². The number of primary amides is 1. The molecule has 1 atom stereocenters. The van der Waals surface area contributed by atoms with Gasteiger partial charge in [-0.3, -0.25) is 4.79 Å². The van der Waals surface area contributed by atoms with Crippen molar-refractivity contribution in [3.8, 4) is 0 Å². The van der Waals surface area contributed by atoms with Gasteiger partial charge in [0, 0.05) is 6.54 Å². The quantitative estimate of drug-likeness (QED) is 0.420. The van der Waals surface area contributed by atoms with Gasteiger partial charge < -0.3 is 16.8 Å². The van der Waals surface area contributed by atoms with Crippen LogP contribution in [0.3, 0.4) is 0 Å². The van der Waals surface area contributed by atoms with E-state index >= 15 is 0 Å². The number of nitrogens with one attached hydrogen (secondary N) is 1. The average molecular weight is 143 g/mol. The van der Waals surface area contributed by atoms with Gasteiger partial charge in [-0.2, -0.15) is 0 Å². The van der Waals surface area contributed by atoms with Crippen LogP contribution < -0.4 is 16.8 Å². The summed E-state index contributed by atoms with van der Waals surface area (Å²) in [5, 5.41) is 3.03. The Morgan fingerprint density at radius 2 is 2.30 bits per heavy atom. The molecule has 0 bridgehead atoms. The second-order valence-corrected chi connectivity index (χ2v) is 2.80. The highest BCUT2D eigenvalue weighted by molar-refractivity contribution is 5.84. The Morgan fingerprint density at radius 3 is 2.60 bits per heavy atom. The highest BCUT2D eigenvalue weighted by Crippen LogP contribution is 2.11. The molecule has 1 aliphatic rings. The molecule has 4 heteroatoms. The van der Waals surface area contributed by atoms with Crippen LogP contribution in [0.15, 0.2) is 0 Å². The van der Waals surface area contributed by atoms with E-state index < -0.39 is 11.4 Å². The van der Waals surface area contributed by atoms with Gasteiger partial charge in [-0.25, -0.2) is 0 Å². The molecule has 5 N–H and O–H groups in total. The van der Waals surface area contributed by atoms with Gasteiger partial charge in [0.2, 0.25) is 5.91 Å². The lowest BCUT2D eigenvalue weighted by molar-refractivity contribution is -0.123. The zero-order chi connectivity index (χ0) is 7.61. The largest absolute Gasteiger partial charge is 0.368 e. The van der Waals surface area contributed by atoms with E-state index in [2.05, 4.69) is 5.32 Å². The SMILES string of the molecule is NC(=O)C1(N)CCCNC1. The summed E-state index contributed by atoms with van der Waals surface area (Å²) in [6.07, 6.45) is 1.63. The molecule has 1 heterocycles. The van der Waals surface area contributed by atoms with Crippen molar-refractivity contribution in [1.82, 2.24) is 5.32 Å². The Morgan fingerprint density at radius 1 is 1.60 bits per heavy atom. The van der Waals surface area contributed by atoms with E-state index in [0.717, 1.165) is 13.0 Å². The van der Waals surface area contributed by atoms with E-state index in [-0.39, 0.29) is 0 Å². The van der Waals surface area contributed by atoms with E-state index in [9.17, 15) is 4.79 Å². The van der Waals surface area contributed by atoms with Crippen LogP contribution in [0.25, 0.3) is 0 Å². The molecule has 0 aliphatic carbocycles. The Balaban J connectivity index is 2.56. The van der Waals surface area contributed by atoms with Crippen molar-refractivity contribution in [2.45, 2.75) is 18.4 Å². The molecular weight excluding hydrogens is 130 g/mol. The third-order valence-electron chi connectivity index (χ3n) is 1.91. The van der Waals surface area contributed by atoms with Gasteiger partial charge in [-0.15, -0.1) is 0 Å². The van der Waals surface area contributed by atoms with E-state index in [0.29, 0.717) is 13.0 Å². The highest BCUT2D eigenvalue weighted by Gasteiger charge is 2.32. The van der Waals surface area contributed by atoms with Crippen LogP contribution in [0.1, 0.15) is 12.8 Å². The number of carbonyl (C=O) groups excluding carboxylic acids is 1. The lowest BCUT2D eigenvalue weighted by atomic mass is 9.91. The fraction of sp³-hybridized carbons (Fsp3) is 0.833. The predicted molar refractivity (Wildman–Crippen MR) is 38.2 cm³/mol. The van der Waals surface area contributed by atoms with Crippen molar-refractivity contribution in [2.75, 3.05) is 13.1 Å². The molecule has 0 spiro atoms. The van der Waals surface area contributed by atoms with Crippen molar-refractivity contribution in [3.63, 3.8) is 0 Å². The number of carbonyl (C=O) groups is 1. The first-order chi connectivity index (χ1) is 4.65. The van der Waals surface area contributed by atoms with Gasteiger partial charge in [0.25, 0.3) is 0 Å². The van der Waals surface area contributed by atoms with Crippen LogP contribution in [-0.4, -0.2) is 24.5 Å². The lowest BCUT2D eigenvalue weighted by Crippen LogP contribution is -2.60. The molecule has 1 saturated heterocycles. The molecule has 58 valence electrons. The van der Waals surface area contributed by atoms with Crippen molar-refractivity contribution in [3.05, 3.63) is 0 Å². The van der Waals surface area contributed by atoms with E-state index in [1.165, 1.54) is 0 Å². The highest BCUT2D eigenvalue weighted by atomic mass is 16.1. The molecule has 0 aromatic heterocycles. The van der Waals surface area contributed by atoms with E-state index in [1.807, 2.05) is 0 Å². The van der Waals surface area contributed by atoms with E-state index in [4.69, 9.17) is 11.5 Å². The number of rotatable bonds is 1. The molecule has 10 heavy (non-hydrogen) atoms. The topological polar surface area (TPSA) is 81.1 Å². The predicted octanol–water partition coefficient (Wildman–Crippen LogP) is -1.45. The zero-order valence-corrected chi connectivity index (χ0v) is 5.89. The van der Waals surface area contributed by atoms with Crippen LogP contribution in [0.5, 0.6) is 0 Å². The summed E-state index contributed by atoms with van der Waals surface area (Å²) in [6.45, 7) is 1.45. The minimum Gasteiger partial charge on any atom is -0.368 e. The maximum Gasteiger partial charge on any atom is 0.238 e. The monoisotopic (exact) mass is 143 g/mol. The van der Waals surface area contributed by atoms with Crippen LogP contribution in [0, 0.1) is 0 Å². The van der Waals surface area contributed by atoms with Crippen molar-refractivity contribution >= 4 is 5.91 Å². The normalized spacial score (nSPS) is 33.7. The molecule has 4 nitrogen and oxygen atoms in total. The number of nitrogens with two attached hydrogens (primary N) is 2. The van der Waals surface area contributed by atoms with Crippen molar-refractivity contribution in [1.29, 1.82) is 0 Å². The summed E-state index contributed by atoms with van der Waals surface area (Å²) in [5.41, 5.74) is 9.97. The maximum atomic E-state index is 10.7. The van der Waals surface area contributed by atoms with Crippen LogP contribution in [0.4, 0.5) is 0 Å². The number of hydrogen-bond acceptors (Lipinski definition) is 3. The average Bonchev–Trinajstić information content (AvgIpc) is 1.89. The maximum absolute atomic E-state index is 10.7. The third-order valence-corrected chi connectivity index (χ3v) is 1.91. The lowest BCUT2D eigenvalue weighted by Gasteiger charge is -2.30. The summed E-state index contributed by atoms with van der Waals surface area (Å²) in [7, 11) is 0. The van der Waals surface area contributed by atoms with Gasteiger partial charge in [-0.05, 0) is 19.4 Å². The van der Waals surface area contributed by atoms with Gasteiger partial charge in [-0.1, -0.05) is 0 Å². The Labute approximate surface area is 59.9 Å². The van der Waals surface area contributed by atoms with Gasteiger partial charge in [0.05, 0.1) is 0 Å². The number of piperidine rings is 1. The summed E-state index contributed by atoms with van der Waals surface area (Å²) in [6, 6.07) is 0. The Kier molecular flexibility index (Phi) is 1.92. The van der Waals surface area contributed by atoms with Crippen molar-refractivity contribution < 1.29 is 4.79 Å². The van der Waals surface area contributed by atoms with Crippen LogP contribution in [0.2, 0.25) is 0 Å². The molecule has 1 rings (SSSR count). The molecule has 0 aromatic rings. The Bertz CT molecular complexity index is 140. The minimum absolute atomic E-state index is 0.403. The van der Waals surface area contributed by atoms with Gasteiger partial charge in [0.1, 0.15) is 5.54 Å². The third kappa shape index (κ3) is 1.27. The number of amides is 1. The first kappa shape index (κ1) is 7.50. The van der Waals surface area contributed by atoms with E-state index in [1.54, 1.807) is 0 Å². The standard InChI is InChI=1S/C6H13N3O/c7-5(10)6(8)2-1-3-9-4-6/h9H,1-4,8H2,(H2,7,10). The van der Waals surface area contributed by atoms with Crippen molar-refractivity contribution in [2.24, 2.45) is 11.5 Å². The fourth-order valence-electron chi connectivity index (χ4n) is 1.14. The number of hydrogen-bond donors (Lipinski definition) is 3. The molecule has 0 radical (unpaired) electrons. The van der Waals surface area contributed by atoms with Gasteiger partial charge >= 0.3 is 0 Å². The molecule has 1 aliphatic heterocycles. The minimum atomic E-state index is -0.793. The second kappa shape index (κ2) is 2.56. The molecule has 1 amide bonds.